The van der Waals surface area contributed by atoms with Gasteiger partial charge < -0.3 is 15.4 Å². The van der Waals surface area contributed by atoms with E-state index in [-0.39, 0.29) is 5.75 Å². The van der Waals surface area contributed by atoms with Crippen molar-refractivity contribution in [2.24, 2.45) is 0 Å². The van der Waals surface area contributed by atoms with Gasteiger partial charge >= 0.3 is 0 Å². The summed E-state index contributed by atoms with van der Waals surface area (Å²) in [5, 5.41) is 13.6. The monoisotopic (exact) mass is 330 g/mol. The Kier molecular flexibility index (Phi) is 4.04. The number of phenols is 1. The van der Waals surface area contributed by atoms with E-state index in [2.05, 4.69) is 32.4 Å². The molecule has 4 rings (SSSR count). The number of phenolic OH excluding ortho intramolecular Hbond substituents is 1. The zero-order chi connectivity index (χ0) is 17.1. The summed E-state index contributed by atoms with van der Waals surface area (Å²) in [6.07, 6.45) is 2.74. The molecular weight excluding hydrogens is 312 g/mol. The Morgan fingerprint density at radius 1 is 1.00 bits per heavy atom. The highest BCUT2D eigenvalue weighted by Gasteiger charge is 2.06. The smallest absolute Gasteiger partial charge is 0.224 e. The highest BCUT2D eigenvalue weighted by atomic mass is 16.3. The maximum Gasteiger partial charge on any atom is 0.224 e. The van der Waals surface area contributed by atoms with E-state index in [1.165, 1.54) is 5.56 Å². The van der Waals surface area contributed by atoms with Crippen LogP contribution in [-0.2, 0) is 6.42 Å². The molecule has 0 saturated heterocycles. The van der Waals surface area contributed by atoms with Crippen molar-refractivity contribution in [1.82, 2.24) is 15.0 Å². The molecule has 0 fully saturated rings. The molecule has 0 amide bonds. The first-order valence-corrected chi connectivity index (χ1v) is 8.21. The van der Waals surface area contributed by atoms with Crippen molar-refractivity contribution < 1.29 is 5.11 Å². The summed E-state index contributed by atoms with van der Waals surface area (Å²) in [6, 6.07) is 19.4. The molecular formula is C20H18N4O. The number of hydrogen-bond donors (Lipinski definition) is 3. The Hall–Kier alpha value is -3.34. The van der Waals surface area contributed by atoms with E-state index >= 15 is 0 Å². The number of fused-ring (bicyclic) bond motifs is 1. The molecule has 5 nitrogen and oxygen atoms in total. The van der Waals surface area contributed by atoms with E-state index < -0.39 is 0 Å². The normalized spacial score (nSPS) is 10.9. The fourth-order valence-electron chi connectivity index (χ4n) is 2.76. The lowest BCUT2D eigenvalue weighted by Gasteiger charge is -2.04. The van der Waals surface area contributed by atoms with Gasteiger partial charge in [-0.25, -0.2) is 4.98 Å². The van der Waals surface area contributed by atoms with Gasteiger partial charge in [0.2, 0.25) is 5.95 Å². The van der Waals surface area contributed by atoms with Crippen LogP contribution in [0, 0.1) is 0 Å². The second-order valence-electron chi connectivity index (χ2n) is 5.89. The third-order valence-corrected chi connectivity index (χ3v) is 4.09. The lowest BCUT2D eigenvalue weighted by molar-refractivity contribution is 0.475. The third-order valence-electron chi connectivity index (χ3n) is 4.09. The third kappa shape index (κ3) is 3.45. The largest absolute Gasteiger partial charge is 0.508 e. The van der Waals surface area contributed by atoms with Gasteiger partial charge in [-0.3, -0.25) is 0 Å². The molecule has 0 unspecified atom stereocenters. The second kappa shape index (κ2) is 6.65. The summed E-state index contributed by atoms with van der Waals surface area (Å²) < 4.78 is 0. The van der Waals surface area contributed by atoms with Gasteiger partial charge in [-0.05, 0) is 47.9 Å². The number of anilines is 1. The Labute approximate surface area is 145 Å². The Morgan fingerprint density at radius 2 is 1.80 bits per heavy atom. The highest BCUT2D eigenvalue weighted by Crippen LogP contribution is 2.24. The molecule has 0 saturated carbocycles. The minimum Gasteiger partial charge on any atom is -0.508 e. The summed E-state index contributed by atoms with van der Waals surface area (Å²) in [4.78, 5) is 12.2. The Balaban J connectivity index is 1.49. The van der Waals surface area contributed by atoms with Crippen LogP contribution in [0.5, 0.6) is 5.75 Å². The predicted octanol–water partition coefficient (Wildman–Crippen LogP) is 3.99. The van der Waals surface area contributed by atoms with Crippen LogP contribution in [0.25, 0.3) is 22.3 Å². The first kappa shape index (κ1) is 15.2. The summed E-state index contributed by atoms with van der Waals surface area (Å²) in [5.41, 5.74) is 4.02. The van der Waals surface area contributed by atoms with Gasteiger partial charge in [0, 0.05) is 23.8 Å². The summed E-state index contributed by atoms with van der Waals surface area (Å²) in [7, 11) is 0. The van der Waals surface area contributed by atoms with Gasteiger partial charge in [-0.15, -0.1) is 0 Å². The molecule has 5 heteroatoms. The van der Waals surface area contributed by atoms with Crippen LogP contribution in [0.15, 0.2) is 66.9 Å². The second-order valence-corrected chi connectivity index (χ2v) is 5.89. The van der Waals surface area contributed by atoms with Crippen LogP contribution in [0.3, 0.4) is 0 Å². The lowest BCUT2D eigenvalue weighted by Crippen LogP contribution is -2.07. The molecule has 2 aromatic heterocycles. The summed E-state index contributed by atoms with van der Waals surface area (Å²) >= 11 is 0. The van der Waals surface area contributed by atoms with Crippen molar-refractivity contribution in [1.29, 1.82) is 0 Å². The minimum atomic E-state index is 0.254. The molecule has 3 N–H and O–H groups in total. The summed E-state index contributed by atoms with van der Waals surface area (Å²) in [6.45, 7) is 0.779. The van der Waals surface area contributed by atoms with Crippen molar-refractivity contribution in [2.45, 2.75) is 6.42 Å². The van der Waals surface area contributed by atoms with Gasteiger partial charge in [-0.2, -0.15) is 4.98 Å². The van der Waals surface area contributed by atoms with Crippen LogP contribution < -0.4 is 5.32 Å². The van der Waals surface area contributed by atoms with E-state index in [1.807, 2.05) is 42.6 Å². The number of hydrogen-bond acceptors (Lipinski definition) is 4. The molecule has 0 aliphatic heterocycles. The molecule has 0 spiro atoms. The fourth-order valence-corrected chi connectivity index (χ4v) is 2.76. The molecule has 0 radical (unpaired) electrons. The van der Waals surface area contributed by atoms with Gasteiger partial charge in [0.05, 0.1) is 0 Å². The van der Waals surface area contributed by atoms with E-state index in [0.717, 1.165) is 35.3 Å². The first-order chi connectivity index (χ1) is 12.3. The van der Waals surface area contributed by atoms with Crippen LogP contribution in [-0.4, -0.2) is 26.6 Å². The maximum atomic E-state index is 9.40. The molecule has 0 aliphatic carbocycles. The summed E-state index contributed by atoms with van der Waals surface area (Å²) in [5.74, 6) is 0.868. The van der Waals surface area contributed by atoms with Crippen molar-refractivity contribution in [3.63, 3.8) is 0 Å². The number of aromatic hydroxyl groups is 1. The number of aromatic nitrogens is 3. The topological polar surface area (TPSA) is 73.8 Å². The molecule has 25 heavy (non-hydrogen) atoms. The van der Waals surface area contributed by atoms with E-state index in [1.54, 1.807) is 12.1 Å². The standard InChI is InChI=1S/C20H18N4O/c25-17-8-6-15(7-9-17)18-12-16-13-22-20(24-19(16)23-18)21-11-10-14-4-2-1-3-5-14/h1-9,12-13,25H,10-11H2,(H2,21,22,23,24). The number of nitrogens with zero attached hydrogens (tertiary/aromatic N) is 2. The zero-order valence-electron chi connectivity index (χ0n) is 13.6. The van der Waals surface area contributed by atoms with Crippen molar-refractivity contribution in [3.8, 4) is 17.0 Å². The molecule has 2 aromatic carbocycles. The maximum absolute atomic E-state index is 9.40. The van der Waals surface area contributed by atoms with Crippen molar-refractivity contribution in [3.05, 3.63) is 72.4 Å². The Bertz CT molecular complexity index is 978. The van der Waals surface area contributed by atoms with Crippen LogP contribution in [0.4, 0.5) is 5.95 Å². The van der Waals surface area contributed by atoms with Gasteiger partial charge in [-0.1, -0.05) is 30.3 Å². The molecule has 0 atom stereocenters. The van der Waals surface area contributed by atoms with E-state index in [4.69, 9.17) is 0 Å². The number of benzene rings is 2. The number of rotatable bonds is 5. The Morgan fingerprint density at radius 3 is 2.60 bits per heavy atom. The van der Waals surface area contributed by atoms with E-state index in [0.29, 0.717) is 5.95 Å². The average Bonchev–Trinajstić information content (AvgIpc) is 3.06. The zero-order valence-corrected chi connectivity index (χ0v) is 13.6. The number of aromatic amines is 1. The minimum absolute atomic E-state index is 0.254. The van der Waals surface area contributed by atoms with Gasteiger partial charge in [0.25, 0.3) is 0 Å². The lowest BCUT2D eigenvalue weighted by atomic mass is 10.1. The van der Waals surface area contributed by atoms with Crippen molar-refractivity contribution >= 4 is 17.0 Å². The molecule has 0 bridgehead atoms. The van der Waals surface area contributed by atoms with E-state index in [9.17, 15) is 5.11 Å². The number of nitrogens with one attached hydrogen (secondary N) is 2. The number of H-pyrrole nitrogens is 1. The van der Waals surface area contributed by atoms with Crippen LogP contribution in [0.2, 0.25) is 0 Å². The first-order valence-electron chi connectivity index (χ1n) is 8.21. The molecule has 0 aliphatic rings. The molecule has 4 aromatic rings. The van der Waals surface area contributed by atoms with Gasteiger partial charge in [0.15, 0.2) is 0 Å². The predicted molar refractivity (Wildman–Crippen MR) is 99.6 cm³/mol. The van der Waals surface area contributed by atoms with Gasteiger partial charge in [0.1, 0.15) is 11.4 Å². The molecule has 2 heterocycles. The fraction of sp³-hybridized carbons (Fsp3) is 0.100. The average molecular weight is 330 g/mol. The van der Waals surface area contributed by atoms with Crippen LogP contribution in [0.1, 0.15) is 5.56 Å². The molecule has 124 valence electrons. The SMILES string of the molecule is Oc1ccc(-c2cc3cnc(NCCc4ccccc4)nc3[nH]2)cc1. The van der Waals surface area contributed by atoms with Crippen LogP contribution >= 0.6 is 0 Å². The van der Waals surface area contributed by atoms with Crippen molar-refractivity contribution in [2.75, 3.05) is 11.9 Å². The highest BCUT2D eigenvalue weighted by molar-refractivity contribution is 5.83. The quantitative estimate of drug-likeness (QED) is 0.517.